The maximum Gasteiger partial charge on any atom is 0.261 e. The van der Waals surface area contributed by atoms with Crippen LogP contribution in [0.5, 0.6) is 0 Å². The molecule has 2 amide bonds. The molecule has 1 N–H and O–H groups in total. The predicted molar refractivity (Wildman–Crippen MR) is 129 cm³/mol. The minimum atomic E-state index is -0.153. The Morgan fingerprint density at radius 3 is 2.66 bits per heavy atom. The number of fused-ring (bicyclic) bond motifs is 1. The Balaban J connectivity index is 1.51. The Hall–Kier alpha value is -3.16. The SMILES string of the molecule is Cc1nn(Cc2ccccc2Cl)c2sc(C(=O)NCc3cccc(C(=O)N(C)C)c3)cc12. The van der Waals surface area contributed by atoms with Gasteiger partial charge >= 0.3 is 0 Å². The van der Waals surface area contributed by atoms with Crippen molar-refractivity contribution < 1.29 is 9.59 Å². The summed E-state index contributed by atoms with van der Waals surface area (Å²) in [5.41, 5.74) is 3.31. The van der Waals surface area contributed by atoms with Crippen molar-refractivity contribution in [1.82, 2.24) is 20.0 Å². The summed E-state index contributed by atoms with van der Waals surface area (Å²) in [7, 11) is 3.43. The van der Waals surface area contributed by atoms with Crippen LogP contribution >= 0.6 is 22.9 Å². The van der Waals surface area contributed by atoms with Gasteiger partial charge in [0.2, 0.25) is 0 Å². The molecule has 0 radical (unpaired) electrons. The molecule has 0 aliphatic carbocycles. The third kappa shape index (κ3) is 4.54. The highest BCUT2D eigenvalue weighted by Crippen LogP contribution is 2.29. The number of nitrogens with one attached hydrogen (secondary N) is 1. The molecule has 0 aliphatic rings. The highest BCUT2D eigenvalue weighted by Gasteiger charge is 2.17. The second-order valence-corrected chi connectivity index (χ2v) is 9.18. The monoisotopic (exact) mass is 466 g/mol. The summed E-state index contributed by atoms with van der Waals surface area (Å²) in [6.07, 6.45) is 0. The van der Waals surface area contributed by atoms with Crippen LogP contribution in [-0.4, -0.2) is 40.6 Å². The molecule has 4 rings (SSSR count). The number of halogens is 1. The van der Waals surface area contributed by atoms with Gasteiger partial charge in [-0.3, -0.25) is 14.3 Å². The topological polar surface area (TPSA) is 67.2 Å². The average molecular weight is 467 g/mol. The smallest absolute Gasteiger partial charge is 0.261 e. The number of aryl methyl sites for hydroxylation is 1. The summed E-state index contributed by atoms with van der Waals surface area (Å²) in [6.45, 7) is 2.82. The number of benzene rings is 2. The van der Waals surface area contributed by atoms with Crippen molar-refractivity contribution in [1.29, 1.82) is 0 Å². The van der Waals surface area contributed by atoms with E-state index in [1.54, 1.807) is 26.2 Å². The fraction of sp³-hybridized carbons (Fsp3) is 0.208. The molecule has 8 heteroatoms. The van der Waals surface area contributed by atoms with Gasteiger partial charge in [0.15, 0.2) is 0 Å². The number of amides is 2. The molecule has 2 aromatic heterocycles. The van der Waals surface area contributed by atoms with Crippen LogP contribution in [0.4, 0.5) is 0 Å². The normalized spacial score (nSPS) is 11.0. The van der Waals surface area contributed by atoms with E-state index in [-0.39, 0.29) is 11.8 Å². The Bertz CT molecular complexity index is 1310. The van der Waals surface area contributed by atoms with E-state index in [0.29, 0.717) is 28.6 Å². The van der Waals surface area contributed by atoms with Crippen LogP contribution in [0, 0.1) is 6.92 Å². The van der Waals surface area contributed by atoms with Crippen LogP contribution in [0.1, 0.15) is 36.9 Å². The van der Waals surface area contributed by atoms with Crippen molar-refractivity contribution in [3.63, 3.8) is 0 Å². The molecule has 0 bridgehead atoms. The van der Waals surface area contributed by atoms with Crippen LogP contribution < -0.4 is 5.32 Å². The van der Waals surface area contributed by atoms with Crippen LogP contribution in [0.3, 0.4) is 0 Å². The molecule has 0 spiro atoms. The molecule has 0 atom stereocenters. The summed E-state index contributed by atoms with van der Waals surface area (Å²) in [5, 5.41) is 9.23. The molecule has 0 aliphatic heterocycles. The van der Waals surface area contributed by atoms with Gasteiger partial charge in [-0.25, -0.2) is 0 Å². The van der Waals surface area contributed by atoms with Crippen LogP contribution in [0.2, 0.25) is 5.02 Å². The first-order chi connectivity index (χ1) is 15.3. The number of hydrogen-bond acceptors (Lipinski definition) is 4. The number of nitrogens with zero attached hydrogens (tertiary/aromatic N) is 3. The number of carbonyl (C=O) groups is 2. The van der Waals surface area contributed by atoms with Crippen molar-refractivity contribution in [3.05, 3.63) is 86.9 Å². The van der Waals surface area contributed by atoms with E-state index in [1.807, 2.05) is 54.1 Å². The maximum absolute atomic E-state index is 12.8. The summed E-state index contributed by atoms with van der Waals surface area (Å²) in [4.78, 5) is 28.1. The van der Waals surface area contributed by atoms with Gasteiger partial charge in [-0.05, 0) is 42.3 Å². The zero-order valence-electron chi connectivity index (χ0n) is 18.1. The summed E-state index contributed by atoms with van der Waals surface area (Å²) < 4.78 is 1.89. The van der Waals surface area contributed by atoms with Gasteiger partial charge in [0.1, 0.15) is 4.83 Å². The van der Waals surface area contributed by atoms with Gasteiger partial charge < -0.3 is 10.2 Å². The Kier molecular flexibility index (Phi) is 6.30. The van der Waals surface area contributed by atoms with Gasteiger partial charge in [-0.1, -0.05) is 41.9 Å². The summed E-state index contributed by atoms with van der Waals surface area (Å²) in [6, 6.07) is 16.9. The molecule has 0 fully saturated rings. The van der Waals surface area contributed by atoms with E-state index in [9.17, 15) is 9.59 Å². The number of aromatic nitrogens is 2. The van der Waals surface area contributed by atoms with Crippen molar-refractivity contribution in [3.8, 4) is 0 Å². The van der Waals surface area contributed by atoms with Gasteiger partial charge in [0, 0.05) is 36.6 Å². The summed E-state index contributed by atoms with van der Waals surface area (Å²) in [5.74, 6) is -0.222. The lowest BCUT2D eigenvalue weighted by molar-refractivity contribution is 0.0827. The minimum absolute atomic E-state index is 0.0683. The zero-order valence-corrected chi connectivity index (χ0v) is 19.6. The molecular formula is C24H23ClN4O2S. The van der Waals surface area contributed by atoms with Crippen molar-refractivity contribution in [2.24, 2.45) is 0 Å². The minimum Gasteiger partial charge on any atom is -0.347 e. The van der Waals surface area contributed by atoms with E-state index in [4.69, 9.17) is 11.6 Å². The highest BCUT2D eigenvalue weighted by atomic mass is 35.5. The lowest BCUT2D eigenvalue weighted by Gasteiger charge is -2.11. The van der Waals surface area contributed by atoms with E-state index in [0.717, 1.165) is 27.0 Å². The van der Waals surface area contributed by atoms with Crippen molar-refractivity contribution >= 4 is 45.0 Å². The Morgan fingerprint density at radius 2 is 1.91 bits per heavy atom. The molecular weight excluding hydrogens is 444 g/mol. The van der Waals surface area contributed by atoms with Gasteiger partial charge in [-0.2, -0.15) is 5.10 Å². The highest BCUT2D eigenvalue weighted by molar-refractivity contribution is 7.20. The molecule has 0 saturated carbocycles. The van der Waals surface area contributed by atoms with Crippen LogP contribution in [-0.2, 0) is 13.1 Å². The third-order valence-corrected chi connectivity index (χ3v) is 6.66. The first-order valence-corrected chi connectivity index (χ1v) is 11.3. The Morgan fingerprint density at radius 1 is 1.12 bits per heavy atom. The molecule has 0 unspecified atom stereocenters. The molecule has 4 aromatic rings. The number of carbonyl (C=O) groups excluding carboxylic acids is 2. The molecule has 164 valence electrons. The molecule has 0 saturated heterocycles. The Labute approximate surface area is 195 Å². The van der Waals surface area contributed by atoms with Crippen molar-refractivity contribution in [2.75, 3.05) is 14.1 Å². The third-order valence-electron chi connectivity index (χ3n) is 5.14. The van der Waals surface area contributed by atoms with Crippen LogP contribution in [0.25, 0.3) is 10.2 Å². The molecule has 2 heterocycles. The quantitative estimate of drug-likeness (QED) is 0.446. The molecule has 2 aromatic carbocycles. The van der Waals surface area contributed by atoms with E-state index >= 15 is 0 Å². The molecule has 32 heavy (non-hydrogen) atoms. The first kappa shape index (κ1) is 22.0. The van der Waals surface area contributed by atoms with E-state index in [2.05, 4.69) is 10.4 Å². The lowest BCUT2D eigenvalue weighted by Crippen LogP contribution is -2.23. The average Bonchev–Trinajstić information content (AvgIpc) is 3.34. The van der Waals surface area contributed by atoms with Crippen LogP contribution in [0.15, 0.2) is 54.6 Å². The fourth-order valence-electron chi connectivity index (χ4n) is 3.46. The van der Waals surface area contributed by atoms with Crippen molar-refractivity contribution in [2.45, 2.75) is 20.0 Å². The van der Waals surface area contributed by atoms with Gasteiger partial charge in [0.05, 0.1) is 17.1 Å². The van der Waals surface area contributed by atoms with E-state index in [1.165, 1.54) is 16.2 Å². The lowest BCUT2D eigenvalue weighted by atomic mass is 10.1. The fourth-order valence-corrected chi connectivity index (χ4v) is 4.73. The standard InChI is InChI=1S/C24H23ClN4O2S/c1-15-19-12-21(32-24(19)29(27-15)14-18-8-4-5-10-20(18)25)22(30)26-13-16-7-6-9-17(11-16)23(31)28(2)3/h4-12H,13-14H2,1-3H3,(H,26,30). The largest absolute Gasteiger partial charge is 0.347 e. The second-order valence-electron chi connectivity index (χ2n) is 7.75. The predicted octanol–water partition coefficient (Wildman–Crippen LogP) is 4.74. The van der Waals surface area contributed by atoms with Gasteiger partial charge in [0.25, 0.3) is 11.8 Å². The second kappa shape index (κ2) is 9.14. The number of hydrogen-bond donors (Lipinski definition) is 1. The molecule has 6 nitrogen and oxygen atoms in total. The number of thiophene rings is 1. The maximum atomic E-state index is 12.8. The number of rotatable bonds is 6. The first-order valence-electron chi connectivity index (χ1n) is 10.1. The van der Waals surface area contributed by atoms with Gasteiger partial charge in [-0.15, -0.1) is 11.3 Å². The summed E-state index contributed by atoms with van der Waals surface area (Å²) >= 11 is 7.72. The van der Waals surface area contributed by atoms with E-state index < -0.39 is 0 Å². The zero-order chi connectivity index (χ0) is 22.8.